The van der Waals surface area contributed by atoms with Gasteiger partial charge in [-0.15, -0.1) is 0 Å². The predicted octanol–water partition coefficient (Wildman–Crippen LogP) is 3.79. The van der Waals surface area contributed by atoms with E-state index in [1.807, 2.05) is 0 Å². The first-order valence-electron chi connectivity index (χ1n) is 9.82. The van der Waals surface area contributed by atoms with Crippen molar-refractivity contribution in [2.75, 3.05) is 0 Å². The molecule has 5 nitrogen and oxygen atoms in total. The number of hydrogen-bond acceptors (Lipinski definition) is 4. The second-order valence-electron chi connectivity index (χ2n) is 9.50. The van der Waals surface area contributed by atoms with Gasteiger partial charge in [0.2, 0.25) is 0 Å². The highest BCUT2D eigenvalue weighted by Crippen LogP contribution is 2.65. The molecule has 0 amide bonds. The molecule has 4 saturated carbocycles. The van der Waals surface area contributed by atoms with Crippen LogP contribution in [0.25, 0.3) is 0 Å². The fourth-order valence-corrected chi connectivity index (χ4v) is 7.77. The van der Waals surface area contributed by atoms with E-state index < -0.39 is 10.4 Å². The Hall–Kier alpha value is -0.460. The predicted molar refractivity (Wildman–Crippen MR) is 93.2 cm³/mol. The van der Waals surface area contributed by atoms with Crippen LogP contribution < -0.4 is 0 Å². The van der Waals surface area contributed by atoms with Gasteiger partial charge in [-0.25, -0.2) is 4.18 Å². The van der Waals surface area contributed by atoms with Gasteiger partial charge in [-0.3, -0.25) is 9.35 Å². The van der Waals surface area contributed by atoms with Crippen LogP contribution in [0.5, 0.6) is 0 Å². The molecular formula is C19H30O5S. The highest BCUT2D eigenvalue weighted by Gasteiger charge is 2.60. The number of carbonyl (C=O) groups is 1. The van der Waals surface area contributed by atoms with Crippen molar-refractivity contribution in [3.8, 4) is 0 Å². The molecule has 0 heterocycles. The van der Waals surface area contributed by atoms with E-state index in [1.165, 1.54) is 0 Å². The van der Waals surface area contributed by atoms with E-state index in [9.17, 15) is 13.2 Å². The van der Waals surface area contributed by atoms with Crippen LogP contribution in [-0.4, -0.2) is 24.9 Å². The van der Waals surface area contributed by atoms with Crippen LogP contribution in [0, 0.1) is 34.5 Å². The summed E-state index contributed by atoms with van der Waals surface area (Å²) in [6.07, 6.45) is 8.19. The van der Waals surface area contributed by atoms with Gasteiger partial charge in [-0.05, 0) is 80.5 Å². The summed E-state index contributed by atoms with van der Waals surface area (Å²) in [5.41, 5.74) is 0.130. The lowest BCUT2D eigenvalue weighted by Crippen LogP contribution is -2.54. The lowest BCUT2D eigenvalue weighted by molar-refractivity contribution is -0.141. The Morgan fingerprint density at radius 3 is 2.52 bits per heavy atom. The van der Waals surface area contributed by atoms with Crippen LogP contribution in [0.4, 0.5) is 0 Å². The third kappa shape index (κ3) is 2.79. The van der Waals surface area contributed by atoms with Crippen molar-refractivity contribution >= 4 is 16.2 Å². The molecule has 4 unspecified atom stereocenters. The smallest absolute Gasteiger partial charge is 0.299 e. The van der Waals surface area contributed by atoms with Gasteiger partial charge in [0.15, 0.2) is 0 Å². The lowest BCUT2D eigenvalue weighted by atomic mass is 9.45. The SMILES string of the molecule is C[C@@]12CCC(OS(=O)(=O)O)C[C@@H]1CCC1C2CC[C@]2(C)C(=O)CCC12. The van der Waals surface area contributed by atoms with Gasteiger partial charge in [0, 0.05) is 11.8 Å². The average Bonchev–Trinajstić information content (AvgIpc) is 2.82. The second-order valence-corrected chi connectivity index (χ2v) is 10.5. The maximum atomic E-state index is 12.4. The molecule has 142 valence electrons. The number of hydrogen-bond donors (Lipinski definition) is 1. The largest absolute Gasteiger partial charge is 0.397 e. The summed E-state index contributed by atoms with van der Waals surface area (Å²) in [5.74, 6) is 2.76. The molecule has 0 saturated heterocycles. The minimum Gasteiger partial charge on any atom is -0.299 e. The maximum Gasteiger partial charge on any atom is 0.397 e. The molecule has 0 aromatic rings. The quantitative estimate of drug-likeness (QED) is 0.748. The fraction of sp³-hybridized carbons (Fsp3) is 0.947. The summed E-state index contributed by atoms with van der Waals surface area (Å²) < 4.78 is 36.0. The van der Waals surface area contributed by atoms with E-state index in [4.69, 9.17) is 8.74 Å². The van der Waals surface area contributed by atoms with Crippen molar-refractivity contribution in [3.05, 3.63) is 0 Å². The van der Waals surface area contributed by atoms with Crippen LogP contribution in [0.2, 0.25) is 0 Å². The van der Waals surface area contributed by atoms with Gasteiger partial charge < -0.3 is 0 Å². The minimum atomic E-state index is -4.37. The van der Waals surface area contributed by atoms with E-state index in [0.29, 0.717) is 35.9 Å². The van der Waals surface area contributed by atoms with Crippen LogP contribution in [0.15, 0.2) is 0 Å². The molecule has 4 fully saturated rings. The van der Waals surface area contributed by atoms with E-state index in [0.717, 1.165) is 51.4 Å². The van der Waals surface area contributed by atoms with Gasteiger partial charge in [0.05, 0.1) is 6.10 Å². The number of Topliss-reactive ketones (excluding diaryl/α,β-unsaturated/α-hetero) is 1. The Morgan fingerprint density at radius 2 is 1.80 bits per heavy atom. The first kappa shape index (κ1) is 17.9. The summed E-state index contributed by atoms with van der Waals surface area (Å²) in [7, 11) is -4.37. The van der Waals surface area contributed by atoms with E-state index >= 15 is 0 Å². The van der Waals surface area contributed by atoms with Crippen molar-refractivity contribution in [1.29, 1.82) is 0 Å². The fourth-order valence-electron chi connectivity index (χ4n) is 7.25. The lowest BCUT2D eigenvalue weighted by Gasteiger charge is -2.60. The molecule has 0 bridgehead atoms. The van der Waals surface area contributed by atoms with E-state index in [1.54, 1.807) is 0 Å². The normalized spacial score (nSPS) is 50.0. The molecule has 0 aromatic carbocycles. The average molecular weight is 371 g/mol. The molecule has 4 aliphatic rings. The number of fused-ring (bicyclic) bond motifs is 5. The highest BCUT2D eigenvalue weighted by molar-refractivity contribution is 7.80. The molecule has 0 aliphatic heterocycles. The number of rotatable bonds is 2. The zero-order valence-electron chi connectivity index (χ0n) is 15.2. The zero-order chi connectivity index (χ0) is 18.0. The Balaban J connectivity index is 1.54. The van der Waals surface area contributed by atoms with Crippen molar-refractivity contribution < 1.29 is 21.9 Å². The first-order chi connectivity index (χ1) is 11.6. The molecule has 25 heavy (non-hydrogen) atoms. The highest BCUT2D eigenvalue weighted by atomic mass is 32.3. The second kappa shape index (κ2) is 5.77. The first-order valence-corrected chi connectivity index (χ1v) is 11.2. The van der Waals surface area contributed by atoms with Gasteiger partial charge in [-0.2, -0.15) is 8.42 Å². The molecule has 6 heteroatoms. The summed E-state index contributed by atoms with van der Waals surface area (Å²) in [6.45, 7) is 4.59. The molecule has 1 N–H and O–H groups in total. The van der Waals surface area contributed by atoms with E-state index in [-0.39, 0.29) is 16.9 Å². The third-order valence-corrected chi connectivity index (χ3v) is 9.10. The molecule has 7 atom stereocenters. The van der Waals surface area contributed by atoms with Crippen LogP contribution in [0.3, 0.4) is 0 Å². The Kier molecular flexibility index (Phi) is 4.14. The number of carbonyl (C=O) groups excluding carboxylic acids is 1. The Bertz CT molecular complexity index is 673. The standard InChI is InChI=1S/C19H30O5S/c1-18-9-7-13(24-25(21,22)23)11-12(18)3-4-14-15-5-6-17(20)19(15,2)10-8-16(14)18/h12-16H,3-11H2,1-2H3,(H,21,22,23)/t12-,13?,14?,15?,16?,18+,19-/m0/s1. The van der Waals surface area contributed by atoms with Crippen molar-refractivity contribution in [2.45, 2.75) is 77.7 Å². The maximum absolute atomic E-state index is 12.4. The topological polar surface area (TPSA) is 80.7 Å². The van der Waals surface area contributed by atoms with Gasteiger partial charge in [0.25, 0.3) is 0 Å². The minimum absolute atomic E-state index is 0.0877. The molecule has 4 rings (SSSR count). The summed E-state index contributed by atoms with van der Waals surface area (Å²) in [6, 6.07) is 0. The van der Waals surface area contributed by atoms with Gasteiger partial charge in [0.1, 0.15) is 5.78 Å². The third-order valence-electron chi connectivity index (χ3n) is 8.58. The summed E-state index contributed by atoms with van der Waals surface area (Å²) in [4.78, 5) is 12.4. The van der Waals surface area contributed by atoms with Gasteiger partial charge >= 0.3 is 10.4 Å². The zero-order valence-corrected chi connectivity index (χ0v) is 16.1. The molecule has 0 spiro atoms. The monoisotopic (exact) mass is 370 g/mol. The summed E-state index contributed by atoms with van der Waals surface area (Å²) in [5, 5.41) is 0. The van der Waals surface area contributed by atoms with Crippen molar-refractivity contribution in [3.63, 3.8) is 0 Å². The van der Waals surface area contributed by atoms with E-state index in [2.05, 4.69) is 13.8 Å². The molecular weight excluding hydrogens is 340 g/mol. The van der Waals surface area contributed by atoms with Gasteiger partial charge in [-0.1, -0.05) is 13.8 Å². The van der Waals surface area contributed by atoms with Crippen LogP contribution in [0.1, 0.15) is 71.6 Å². The number of ketones is 1. The van der Waals surface area contributed by atoms with Crippen molar-refractivity contribution in [1.82, 2.24) is 0 Å². The van der Waals surface area contributed by atoms with Crippen molar-refractivity contribution in [2.24, 2.45) is 34.5 Å². The molecule has 0 aromatic heterocycles. The van der Waals surface area contributed by atoms with Crippen LogP contribution >= 0.6 is 0 Å². The Labute approximate surface area is 150 Å². The Morgan fingerprint density at radius 1 is 1.04 bits per heavy atom. The summed E-state index contributed by atoms with van der Waals surface area (Å²) >= 11 is 0. The molecule has 0 radical (unpaired) electrons. The molecule has 4 aliphatic carbocycles. The van der Waals surface area contributed by atoms with Crippen LogP contribution in [-0.2, 0) is 19.4 Å².